The number of hydrogen-bond donors (Lipinski definition) is 0. The van der Waals surface area contributed by atoms with Crippen LogP contribution in [0.3, 0.4) is 0 Å². The van der Waals surface area contributed by atoms with Gasteiger partial charge in [-0.3, -0.25) is 4.79 Å². The average Bonchev–Trinajstić information content (AvgIpc) is 3.55. The van der Waals surface area contributed by atoms with Gasteiger partial charge in [0.1, 0.15) is 12.2 Å². The fraction of sp³-hybridized carbons (Fsp3) is 0.436. The first-order valence-electron chi connectivity index (χ1n) is 16.6. The molecule has 1 heterocycles. The molecule has 45 heavy (non-hydrogen) atoms. The van der Waals surface area contributed by atoms with Crippen molar-refractivity contribution in [2.75, 3.05) is 0 Å². The van der Waals surface area contributed by atoms with Crippen molar-refractivity contribution in [3.05, 3.63) is 109 Å². The van der Waals surface area contributed by atoms with Gasteiger partial charge in [-0.2, -0.15) is 0 Å². The second-order valence-electron chi connectivity index (χ2n) is 13.8. The zero-order valence-electron chi connectivity index (χ0n) is 27.4. The molecule has 0 spiro atoms. The SMILES string of the molecule is CCCCC(C)[C@@H](C=C[C@@H]1[C@H]2CC(=O)O[C@H]2C[C@H]1OC(=O)c1ccccc1)O[Si](c1ccccc1)(c1ccccc1)C(C)(C)C. The van der Waals surface area contributed by atoms with Crippen molar-refractivity contribution in [2.45, 2.75) is 90.1 Å². The summed E-state index contributed by atoms with van der Waals surface area (Å²) in [5.74, 6) is -0.430. The van der Waals surface area contributed by atoms with E-state index < -0.39 is 8.32 Å². The fourth-order valence-corrected chi connectivity index (χ4v) is 12.0. The van der Waals surface area contributed by atoms with Gasteiger partial charge in [-0.15, -0.1) is 0 Å². The number of rotatable bonds is 12. The fourth-order valence-electron chi connectivity index (χ4n) is 7.24. The number of fused-ring (bicyclic) bond motifs is 1. The van der Waals surface area contributed by atoms with E-state index in [0.29, 0.717) is 18.4 Å². The van der Waals surface area contributed by atoms with Gasteiger partial charge >= 0.3 is 11.9 Å². The molecule has 3 aromatic rings. The van der Waals surface area contributed by atoms with Crippen LogP contribution in [0.25, 0.3) is 0 Å². The molecule has 6 heteroatoms. The smallest absolute Gasteiger partial charge is 0.338 e. The lowest BCUT2D eigenvalue weighted by Gasteiger charge is -2.46. The lowest BCUT2D eigenvalue weighted by atomic mass is 9.90. The van der Waals surface area contributed by atoms with Crippen LogP contribution in [0, 0.1) is 17.8 Å². The minimum absolute atomic E-state index is 0.0261. The van der Waals surface area contributed by atoms with E-state index in [0.717, 1.165) is 19.3 Å². The molecule has 1 unspecified atom stereocenters. The minimum Gasteiger partial charge on any atom is -0.462 e. The first-order chi connectivity index (χ1) is 21.6. The van der Waals surface area contributed by atoms with E-state index in [1.165, 1.54) is 10.4 Å². The van der Waals surface area contributed by atoms with E-state index in [1.807, 2.05) is 18.2 Å². The summed E-state index contributed by atoms with van der Waals surface area (Å²) in [5.41, 5.74) is 0.523. The molecule has 5 rings (SSSR count). The van der Waals surface area contributed by atoms with Crippen LogP contribution in [0.4, 0.5) is 0 Å². The van der Waals surface area contributed by atoms with Crippen molar-refractivity contribution >= 4 is 30.6 Å². The van der Waals surface area contributed by atoms with Crippen LogP contribution in [-0.4, -0.2) is 38.6 Å². The predicted molar refractivity (Wildman–Crippen MR) is 182 cm³/mol. The molecule has 5 nitrogen and oxygen atoms in total. The molecule has 1 aliphatic heterocycles. The molecule has 0 radical (unpaired) electrons. The number of esters is 2. The molecule has 1 saturated carbocycles. The summed E-state index contributed by atoms with van der Waals surface area (Å²) in [6.07, 6.45) is 7.72. The van der Waals surface area contributed by atoms with Crippen molar-refractivity contribution in [3.63, 3.8) is 0 Å². The highest BCUT2D eigenvalue weighted by atomic mass is 28.4. The Bertz CT molecular complexity index is 1390. The monoisotopic (exact) mass is 624 g/mol. The summed E-state index contributed by atoms with van der Waals surface area (Å²) < 4.78 is 19.5. The summed E-state index contributed by atoms with van der Waals surface area (Å²) in [4.78, 5) is 25.5. The van der Waals surface area contributed by atoms with E-state index in [4.69, 9.17) is 13.9 Å². The molecule has 1 aliphatic carbocycles. The zero-order chi connectivity index (χ0) is 32.0. The van der Waals surface area contributed by atoms with Crippen LogP contribution in [-0.2, 0) is 18.7 Å². The summed E-state index contributed by atoms with van der Waals surface area (Å²) in [6, 6.07) is 30.6. The molecule has 3 aromatic carbocycles. The quantitative estimate of drug-likeness (QED) is 0.119. The topological polar surface area (TPSA) is 61.8 Å². The second-order valence-corrected chi connectivity index (χ2v) is 18.0. The van der Waals surface area contributed by atoms with Gasteiger partial charge in [-0.1, -0.05) is 138 Å². The largest absolute Gasteiger partial charge is 0.462 e. The van der Waals surface area contributed by atoms with Gasteiger partial charge in [0.2, 0.25) is 0 Å². The Morgan fingerprint density at radius 3 is 2.09 bits per heavy atom. The third kappa shape index (κ3) is 7.18. The molecule has 0 bridgehead atoms. The van der Waals surface area contributed by atoms with Crippen LogP contribution in [0.2, 0.25) is 5.04 Å². The first-order valence-corrected chi connectivity index (χ1v) is 18.5. The van der Waals surface area contributed by atoms with Gasteiger partial charge in [0.15, 0.2) is 0 Å². The first kappa shape index (κ1) is 32.9. The molecule has 6 atom stereocenters. The summed E-state index contributed by atoms with van der Waals surface area (Å²) in [5, 5.41) is 2.33. The third-order valence-electron chi connectivity index (χ3n) is 9.65. The minimum atomic E-state index is -2.83. The Morgan fingerprint density at radius 2 is 1.53 bits per heavy atom. The van der Waals surface area contributed by atoms with Crippen molar-refractivity contribution in [2.24, 2.45) is 17.8 Å². The molecule has 0 amide bonds. The van der Waals surface area contributed by atoms with E-state index in [2.05, 4.69) is 107 Å². The zero-order valence-corrected chi connectivity index (χ0v) is 28.4. The average molecular weight is 625 g/mol. The Morgan fingerprint density at radius 1 is 0.956 bits per heavy atom. The summed E-state index contributed by atoms with van der Waals surface area (Å²) in [7, 11) is -2.83. The predicted octanol–water partition coefficient (Wildman–Crippen LogP) is 7.49. The van der Waals surface area contributed by atoms with Crippen LogP contribution in [0.5, 0.6) is 0 Å². The van der Waals surface area contributed by atoms with Crippen LogP contribution in [0.15, 0.2) is 103 Å². The van der Waals surface area contributed by atoms with E-state index >= 15 is 0 Å². The van der Waals surface area contributed by atoms with Crippen molar-refractivity contribution < 1.29 is 23.5 Å². The number of benzene rings is 3. The third-order valence-corrected chi connectivity index (χ3v) is 14.7. The van der Waals surface area contributed by atoms with E-state index in [9.17, 15) is 9.59 Å². The molecule has 238 valence electrons. The van der Waals surface area contributed by atoms with Crippen molar-refractivity contribution in [1.29, 1.82) is 0 Å². The maximum atomic E-state index is 13.1. The van der Waals surface area contributed by atoms with E-state index in [1.54, 1.807) is 12.1 Å². The maximum Gasteiger partial charge on any atom is 0.338 e. The Balaban J connectivity index is 1.53. The molecular weight excluding hydrogens is 577 g/mol. The summed E-state index contributed by atoms with van der Waals surface area (Å²) in [6.45, 7) is 11.4. The molecule has 0 N–H and O–H groups in total. The number of ether oxygens (including phenoxy) is 2. The molecule has 2 fully saturated rings. The lowest BCUT2D eigenvalue weighted by Crippen LogP contribution is -2.68. The van der Waals surface area contributed by atoms with Crippen molar-refractivity contribution in [1.82, 2.24) is 0 Å². The van der Waals surface area contributed by atoms with Gasteiger partial charge in [0, 0.05) is 18.3 Å². The lowest BCUT2D eigenvalue weighted by molar-refractivity contribution is -0.141. The van der Waals surface area contributed by atoms with Gasteiger partial charge in [-0.05, 0) is 39.9 Å². The van der Waals surface area contributed by atoms with Crippen LogP contribution >= 0.6 is 0 Å². The van der Waals surface area contributed by atoms with Crippen molar-refractivity contribution in [3.8, 4) is 0 Å². The van der Waals surface area contributed by atoms with Crippen LogP contribution in [0.1, 0.15) is 77.1 Å². The van der Waals surface area contributed by atoms with Gasteiger partial charge in [0.05, 0.1) is 18.1 Å². The number of hydrogen-bond acceptors (Lipinski definition) is 5. The normalized spacial score (nSPS) is 23.0. The highest BCUT2D eigenvalue weighted by molar-refractivity contribution is 6.99. The number of carbonyl (C=O) groups excluding carboxylic acids is 2. The second kappa shape index (κ2) is 14.3. The number of carbonyl (C=O) groups is 2. The maximum absolute atomic E-state index is 13.1. The van der Waals surface area contributed by atoms with Gasteiger partial charge in [0.25, 0.3) is 8.32 Å². The number of unbranched alkanes of at least 4 members (excludes halogenated alkanes) is 1. The molecular formula is C39H48O5Si. The van der Waals surface area contributed by atoms with Crippen LogP contribution < -0.4 is 10.4 Å². The Kier molecular flexibility index (Phi) is 10.5. The molecule has 1 saturated heterocycles. The molecule has 0 aromatic heterocycles. The van der Waals surface area contributed by atoms with E-state index in [-0.39, 0.29) is 53.0 Å². The summed E-state index contributed by atoms with van der Waals surface area (Å²) >= 11 is 0. The Hall–Kier alpha value is -3.48. The Labute approximate surface area is 270 Å². The van der Waals surface area contributed by atoms with Gasteiger partial charge < -0.3 is 13.9 Å². The highest BCUT2D eigenvalue weighted by Gasteiger charge is 2.53. The highest BCUT2D eigenvalue weighted by Crippen LogP contribution is 2.44. The molecule has 2 aliphatic rings. The standard InChI is InChI=1S/C39H48O5Si/c1-6-7-17-28(2)34(44-45(39(3,4)5,30-20-13-9-14-21-30)31-22-15-10-16-23-31)25-24-32-33-26-37(40)42-36(33)27-35(32)43-38(41)29-18-11-8-12-19-29/h8-16,18-25,28,32-36H,6-7,17,26-27H2,1-5H3/t28?,32-,33-,34-,35-,36+/m1/s1. The van der Waals surface area contributed by atoms with Gasteiger partial charge in [-0.25, -0.2) is 4.79 Å².